The normalized spacial score (nSPS) is 45.0. The molecule has 2 aliphatic rings. The zero-order valence-electron chi connectivity index (χ0n) is 7.47. The highest BCUT2D eigenvalue weighted by atomic mass is 14.9. The summed E-state index contributed by atoms with van der Waals surface area (Å²) in [4.78, 5) is 0. The maximum atomic E-state index is 3.46. The molecule has 64 valence electrons. The second-order valence-electron chi connectivity index (χ2n) is 4.43. The van der Waals surface area contributed by atoms with E-state index >= 15 is 0 Å². The molecule has 2 rings (SSSR count). The zero-order chi connectivity index (χ0) is 7.68. The topological polar surface area (TPSA) is 12.0 Å². The van der Waals surface area contributed by atoms with Gasteiger partial charge in [0.1, 0.15) is 0 Å². The van der Waals surface area contributed by atoms with Crippen molar-refractivity contribution in [3.8, 4) is 0 Å². The molecule has 0 aromatic heterocycles. The molecule has 2 fully saturated rings. The fourth-order valence-corrected chi connectivity index (χ4v) is 2.76. The summed E-state index contributed by atoms with van der Waals surface area (Å²) >= 11 is 0. The predicted molar refractivity (Wildman–Crippen MR) is 47.5 cm³/mol. The van der Waals surface area contributed by atoms with Crippen LogP contribution < -0.4 is 5.32 Å². The van der Waals surface area contributed by atoms with Crippen LogP contribution in [0, 0.1) is 17.8 Å². The Morgan fingerprint density at radius 2 is 2.00 bits per heavy atom. The van der Waals surface area contributed by atoms with Gasteiger partial charge in [0, 0.05) is 0 Å². The Labute approximate surface area is 69.6 Å². The molecule has 11 heavy (non-hydrogen) atoms. The van der Waals surface area contributed by atoms with E-state index < -0.39 is 0 Å². The third-order valence-corrected chi connectivity index (χ3v) is 3.50. The van der Waals surface area contributed by atoms with Gasteiger partial charge in [0.05, 0.1) is 0 Å². The molecule has 0 radical (unpaired) electrons. The van der Waals surface area contributed by atoms with E-state index in [2.05, 4.69) is 12.2 Å². The summed E-state index contributed by atoms with van der Waals surface area (Å²) < 4.78 is 0. The highest BCUT2D eigenvalue weighted by molar-refractivity contribution is 4.83. The van der Waals surface area contributed by atoms with Gasteiger partial charge in [-0.25, -0.2) is 0 Å². The van der Waals surface area contributed by atoms with Crippen molar-refractivity contribution in [3.63, 3.8) is 0 Å². The summed E-state index contributed by atoms with van der Waals surface area (Å²) in [7, 11) is 0. The molecule has 1 aliphatic heterocycles. The van der Waals surface area contributed by atoms with Gasteiger partial charge >= 0.3 is 0 Å². The Morgan fingerprint density at radius 1 is 1.09 bits per heavy atom. The summed E-state index contributed by atoms with van der Waals surface area (Å²) in [5.41, 5.74) is 0. The molecule has 1 aliphatic carbocycles. The van der Waals surface area contributed by atoms with Gasteiger partial charge in [-0.2, -0.15) is 0 Å². The van der Waals surface area contributed by atoms with Crippen LogP contribution in [-0.4, -0.2) is 13.1 Å². The fraction of sp³-hybridized carbons (Fsp3) is 1.00. The van der Waals surface area contributed by atoms with Crippen molar-refractivity contribution in [2.45, 2.75) is 32.6 Å². The SMILES string of the molecule is CC1CCC(C2CCNC2)C1. The van der Waals surface area contributed by atoms with Crippen LogP contribution >= 0.6 is 0 Å². The first-order chi connectivity index (χ1) is 5.36. The maximum absolute atomic E-state index is 3.46. The van der Waals surface area contributed by atoms with Crippen LogP contribution in [0.25, 0.3) is 0 Å². The van der Waals surface area contributed by atoms with Gasteiger partial charge in [0.15, 0.2) is 0 Å². The first kappa shape index (κ1) is 7.60. The molecule has 0 aromatic rings. The van der Waals surface area contributed by atoms with Crippen LogP contribution in [0.2, 0.25) is 0 Å². The molecule has 0 bridgehead atoms. The van der Waals surface area contributed by atoms with Gasteiger partial charge in [0.2, 0.25) is 0 Å². The second kappa shape index (κ2) is 3.14. The summed E-state index contributed by atoms with van der Waals surface area (Å²) in [5.74, 6) is 3.11. The molecule has 0 aromatic carbocycles. The van der Waals surface area contributed by atoms with E-state index in [0.29, 0.717) is 0 Å². The quantitative estimate of drug-likeness (QED) is 0.608. The Morgan fingerprint density at radius 3 is 2.55 bits per heavy atom. The predicted octanol–water partition coefficient (Wildman–Crippen LogP) is 2.03. The van der Waals surface area contributed by atoms with Crippen molar-refractivity contribution < 1.29 is 0 Å². The van der Waals surface area contributed by atoms with Gasteiger partial charge in [-0.15, -0.1) is 0 Å². The summed E-state index contributed by atoms with van der Waals surface area (Å²) in [5, 5.41) is 3.46. The Hall–Kier alpha value is -0.0400. The summed E-state index contributed by atoms with van der Waals surface area (Å²) in [6.45, 7) is 4.98. The molecule has 3 atom stereocenters. The lowest BCUT2D eigenvalue weighted by atomic mass is 9.90. The highest BCUT2D eigenvalue weighted by Crippen LogP contribution is 2.37. The van der Waals surface area contributed by atoms with E-state index in [9.17, 15) is 0 Å². The minimum Gasteiger partial charge on any atom is -0.316 e. The molecule has 1 heteroatoms. The molecular formula is C10H19N. The minimum absolute atomic E-state index is 1.01. The van der Waals surface area contributed by atoms with Crippen LogP contribution in [0.3, 0.4) is 0 Å². The third-order valence-electron chi connectivity index (χ3n) is 3.50. The number of hydrogen-bond acceptors (Lipinski definition) is 1. The van der Waals surface area contributed by atoms with Crippen molar-refractivity contribution in [2.75, 3.05) is 13.1 Å². The lowest BCUT2D eigenvalue weighted by Gasteiger charge is -2.16. The van der Waals surface area contributed by atoms with E-state index in [1.54, 1.807) is 0 Å². The third kappa shape index (κ3) is 1.58. The maximum Gasteiger partial charge on any atom is -0.00174 e. The Balaban J connectivity index is 1.85. The average molecular weight is 153 g/mol. The monoisotopic (exact) mass is 153 g/mol. The number of nitrogens with one attached hydrogen (secondary N) is 1. The van der Waals surface area contributed by atoms with Gasteiger partial charge in [-0.05, 0) is 50.1 Å². The largest absolute Gasteiger partial charge is 0.316 e. The molecule has 1 N–H and O–H groups in total. The molecule has 0 amide bonds. The zero-order valence-corrected chi connectivity index (χ0v) is 7.47. The Bertz CT molecular complexity index is 127. The van der Waals surface area contributed by atoms with E-state index in [1.807, 2.05) is 0 Å². The molecule has 1 heterocycles. The summed E-state index contributed by atoms with van der Waals surface area (Å²) in [6.07, 6.45) is 5.94. The van der Waals surface area contributed by atoms with Crippen LogP contribution in [-0.2, 0) is 0 Å². The van der Waals surface area contributed by atoms with Crippen LogP contribution in [0.4, 0.5) is 0 Å². The molecule has 0 spiro atoms. The van der Waals surface area contributed by atoms with Crippen molar-refractivity contribution in [3.05, 3.63) is 0 Å². The van der Waals surface area contributed by atoms with Gasteiger partial charge in [-0.3, -0.25) is 0 Å². The van der Waals surface area contributed by atoms with Gasteiger partial charge < -0.3 is 5.32 Å². The standard InChI is InChI=1S/C10H19N/c1-8-2-3-9(6-8)10-4-5-11-7-10/h8-11H,2-7H2,1H3. The highest BCUT2D eigenvalue weighted by Gasteiger charge is 2.30. The lowest BCUT2D eigenvalue weighted by Crippen LogP contribution is -2.15. The molecule has 3 unspecified atom stereocenters. The first-order valence-corrected chi connectivity index (χ1v) is 5.07. The molecular weight excluding hydrogens is 134 g/mol. The van der Waals surface area contributed by atoms with Crippen molar-refractivity contribution in [2.24, 2.45) is 17.8 Å². The van der Waals surface area contributed by atoms with Crippen LogP contribution in [0.1, 0.15) is 32.6 Å². The second-order valence-corrected chi connectivity index (χ2v) is 4.43. The number of hydrogen-bond donors (Lipinski definition) is 1. The van der Waals surface area contributed by atoms with E-state index in [-0.39, 0.29) is 0 Å². The van der Waals surface area contributed by atoms with Gasteiger partial charge in [-0.1, -0.05) is 13.3 Å². The van der Waals surface area contributed by atoms with E-state index in [0.717, 1.165) is 17.8 Å². The average Bonchev–Trinajstić information content (AvgIpc) is 2.55. The summed E-state index contributed by atoms with van der Waals surface area (Å²) in [6, 6.07) is 0. The van der Waals surface area contributed by atoms with Gasteiger partial charge in [0.25, 0.3) is 0 Å². The first-order valence-electron chi connectivity index (χ1n) is 5.07. The molecule has 1 saturated heterocycles. The van der Waals surface area contributed by atoms with Crippen molar-refractivity contribution in [1.29, 1.82) is 0 Å². The van der Waals surface area contributed by atoms with Crippen molar-refractivity contribution in [1.82, 2.24) is 5.32 Å². The Kier molecular flexibility index (Phi) is 2.17. The number of rotatable bonds is 1. The fourth-order valence-electron chi connectivity index (χ4n) is 2.76. The van der Waals surface area contributed by atoms with Crippen LogP contribution in [0.5, 0.6) is 0 Å². The smallest absolute Gasteiger partial charge is 0.00174 e. The van der Waals surface area contributed by atoms with E-state index in [4.69, 9.17) is 0 Å². The lowest BCUT2D eigenvalue weighted by molar-refractivity contribution is 0.356. The van der Waals surface area contributed by atoms with Crippen molar-refractivity contribution >= 4 is 0 Å². The van der Waals surface area contributed by atoms with Crippen LogP contribution in [0.15, 0.2) is 0 Å². The van der Waals surface area contributed by atoms with E-state index in [1.165, 1.54) is 38.8 Å². The molecule has 1 nitrogen and oxygen atoms in total. The molecule has 1 saturated carbocycles. The minimum atomic E-state index is 1.01.